The lowest BCUT2D eigenvalue weighted by Crippen LogP contribution is -2.25. The van der Waals surface area contributed by atoms with Crippen LogP contribution in [0.4, 0.5) is 0 Å². The highest BCUT2D eigenvalue weighted by Gasteiger charge is 2.28. The number of ether oxygens (including phenoxy) is 1. The molecule has 2 aromatic rings. The van der Waals surface area contributed by atoms with Gasteiger partial charge in [-0.1, -0.05) is 15.9 Å². The molecule has 1 aromatic heterocycles. The summed E-state index contributed by atoms with van der Waals surface area (Å²) in [5.74, 6) is 0.0782. The highest BCUT2D eigenvalue weighted by atomic mass is 79.9. The molecule has 0 saturated heterocycles. The zero-order chi connectivity index (χ0) is 14.8. The van der Waals surface area contributed by atoms with E-state index >= 15 is 0 Å². The zero-order valence-electron chi connectivity index (χ0n) is 12.2. The summed E-state index contributed by atoms with van der Waals surface area (Å²) in [4.78, 5) is 11.8. The van der Waals surface area contributed by atoms with Gasteiger partial charge < -0.3 is 9.30 Å². The molecule has 112 valence electrons. The molecule has 4 heteroatoms. The number of benzene rings is 1. The van der Waals surface area contributed by atoms with Crippen molar-refractivity contribution in [3.8, 4) is 0 Å². The molecule has 0 unspecified atom stereocenters. The third-order valence-electron chi connectivity index (χ3n) is 4.39. The number of esters is 1. The first kappa shape index (κ1) is 14.6. The number of carbonyl (C=O) groups is 1. The van der Waals surface area contributed by atoms with E-state index in [4.69, 9.17) is 4.74 Å². The van der Waals surface area contributed by atoms with Gasteiger partial charge in [0.2, 0.25) is 0 Å². The maximum absolute atomic E-state index is 11.8. The molecular weight excluding hydrogens is 330 g/mol. The van der Waals surface area contributed by atoms with Gasteiger partial charge in [0.1, 0.15) is 0 Å². The fraction of sp³-hybridized carbons (Fsp3) is 0.471. The Balaban J connectivity index is 1.72. The molecule has 1 aromatic carbocycles. The first-order chi connectivity index (χ1) is 10.2. The predicted octanol–water partition coefficient (Wildman–Crippen LogP) is 4.70. The van der Waals surface area contributed by atoms with Crippen LogP contribution in [0, 0.1) is 5.92 Å². The van der Waals surface area contributed by atoms with E-state index in [-0.39, 0.29) is 11.9 Å². The fourth-order valence-electron chi connectivity index (χ4n) is 3.30. The van der Waals surface area contributed by atoms with Crippen molar-refractivity contribution in [1.29, 1.82) is 0 Å². The van der Waals surface area contributed by atoms with Gasteiger partial charge in [-0.25, -0.2) is 0 Å². The van der Waals surface area contributed by atoms with E-state index in [1.165, 1.54) is 10.9 Å². The molecule has 3 nitrogen and oxygen atoms in total. The largest absolute Gasteiger partial charge is 0.466 e. The highest BCUT2D eigenvalue weighted by Crippen LogP contribution is 2.35. The first-order valence-corrected chi connectivity index (χ1v) is 8.41. The summed E-state index contributed by atoms with van der Waals surface area (Å²) in [5.41, 5.74) is 1.28. The van der Waals surface area contributed by atoms with Gasteiger partial charge >= 0.3 is 5.97 Å². The molecular formula is C17H20BrNO2. The molecule has 3 rings (SSSR count). The summed E-state index contributed by atoms with van der Waals surface area (Å²) in [7, 11) is 0. The number of aromatic nitrogens is 1. The van der Waals surface area contributed by atoms with Crippen LogP contribution in [-0.2, 0) is 9.53 Å². The fourth-order valence-corrected chi connectivity index (χ4v) is 3.68. The Hall–Kier alpha value is -1.29. The van der Waals surface area contributed by atoms with E-state index in [9.17, 15) is 4.79 Å². The smallest absolute Gasteiger partial charge is 0.308 e. The minimum absolute atomic E-state index is 0.0164. The summed E-state index contributed by atoms with van der Waals surface area (Å²) in [6.45, 7) is 2.35. The minimum atomic E-state index is -0.0164. The van der Waals surface area contributed by atoms with Gasteiger partial charge in [-0.3, -0.25) is 4.79 Å². The lowest BCUT2D eigenvalue weighted by molar-refractivity contribution is -0.149. The van der Waals surface area contributed by atoms with Gasteiger partial charge in [-0.05, 0) is 56.9 Å². The van der Waals surface area contributed by atoms with Crippen molar-refractivity contribution in [3.05, 3.63) is 34.9 Å². The molecule has 0 radical (unpaired) electrons. The van der Waals surface area contributed by atoms with E-state index in [1.807, 2.05) is 6.92 Å². The van der Waals surface area contributed by atoms with Crippen molar-refractivity contribution in [3.63, 3.8) is 0 Å². The Kier molecular flexibility index (Phi) is 4.34. The maximum atomic E-state index is 11.8. The highest BCUT2D eigenvalue weighted by molar-refractivity contribution is 9.10. The van der Waals surface area contributed by atoms with Gasteiger partial charge in [0.15, 0.2) is 0 Å². The van der Waals surface area contributed by atoms with Crippen molar-refractivity contribution in [2.45, 2.75) is 38.6 Å². The lowest BCUT2D eigenvalue weighted by Gasteiger charge is -2.28. The van der Waals surface area contributed by atoms with E-state index in [0.29, 0.717) is 12.6 Å². The molecule has 0 atom stereocenters. The average Bonchev–Trinajstić information content (AvgIpc) is 2.90. The number of fused-ring (bicyclic) bond motifs is 1. The minimum Gasteiger partial charge on any atom is -0.466 e. The summed E-state index contributed by atoms with van der Waals surface area (Å²) < 4.78 is 8.61. The van der Waals surface area contributed by atoms with Crippen LogP contribution < -0.4 is 0 Å². The van der Waals surface area contributed by atoms with E-state index < -0.39 is 0 Å². The second-order valence-corrected chi connectivity index (χ2v) is 6.60. The number of halogens is 1. The van der Waals surface area contributed by atoms with Gasteiger partial charge in [0.25, 0.3) is 0 Å². The zero-order valence-corrected chi connectivity index (χ0v) is 13.8. The Labute approximate surface area is 133 Å². The van der Waals surface area contributed by atoms with Crippen molar-refractivity contribution in [1.82, 2.24) is 4.57 Å². The first-order valence-electron chi connectivity index (χ1n) is 7.61. The molecule has 0 bridgehead atoms. The second-order valence-electron chi connectivity index (χ2n) is 5.68. The standard InChI is InChI=1S/C17H20BrNO2/c1-2-21-17(20)12-3-6-15(7-4-12)19-10-9-13-11-14(18)5-8-16(13)19/h5,8-12,15H,2-4,6-7H2,1H3. The molecule has 1 saturated carbocycles. The second kappa shape index (κ2) is 6.22. The maximum Gasteiger partial charge on any atom is 0.308 e. The monoisotopic (exact) mass is 349 g/mol. The lowest BCUT2D eigenvalue weighted by atomic mass is 9.86. The van der Waals surface area contributed by atoms with Crippen molar-refractivity contribution < 1.29 is 9.53 Å². The molecule has 1 aliphatic rings. The summed E-state index contributed by atoms with van der Waals surface area (Å²) in [6, 6.07) is 9.06. The van der Waals surface area contributed by atoms with Crippen LogP contribution in [0.1, 0.15) is 38.6 Å². The number of rotatable bonds is 3. The molecule has 1 aliphatic carbocycles. The predicted molar refractivity (Wildman–Crippen MR) is 87.3 cm³/mol. The topological polar surface area (TPSA) is 31.2 Å². The molecule has 1 heterocycles. The number of carbonyl (C=O) groups excluding carboxylic acids is 1. The molecule has 21 heavy (non-hydrogen) atoms. The molecule has 0 N–H and O–H groups in total. The van der Waals surface area contributed by atoms with Gasteiger partial charge in [0, 0.05) is 27.6 Å². The van der Waals surface area contributed by atoms with Crippen LogP contribution in [0.25, 0.3) is 10.9 Å². The van der Waals surface area contributed by atoms with Gasteiger partial charge in [-0.15, -0.1) is 0 Å². The van der Waals surface area contributed by atoms with Gasteiger partial charge in [-0.2, -0.15) is 0 Å². The third-order valence-corrected chi connectivity index (χ3v) is 4.89. The van der Waals surface area contributed by atoms with E-state index in [2.05, 4.69) is 51.0 Å². The molecule has 1 fully saturated rings. The quantitative estimate of drug-likeness (QED) is 0.752. The third kappa shape index (κ3) is 3.00. The Morgan fingerprint density at radius 1 is 1.29 bits per heavy atom. The summed E-state index contributed by atoms with van der Waals surface area (Å²) in [6.07, 6.45) is 6.12. The molecule has 0 spiro atoms. The van der Waals surface area contributed by atoms with Crippen LogP contribution in [0.15, 0.2) is 34.9 Å². The number of hydrogen-bond donors (Lipinski definition) is 0. The molecule has 0 amide bonds. The Morgan fingerprint density at radius 3 is 2.76 bits per heavy atom. The van der Waals surface area contributed by atoms with Crippen molar-refractivity contribution in [2.24, 2.45) is 5.92 Å². The van der Waals surface area contributed by atoms with E-state index in [1.54, 1.807) is 0 Å². The summed E-state index contributed by atoms with van der Waals surface area (Å²) >= 11 is 3.52. The number of hydrogen-bond acceptors (Lipinski definition) is 2. The normalized spacial score (nSPS) is 22.4. The Bertz CT molecular complexity index is 641. The van der Waals surface area contributed by atoms with E-state index in [0.717, 1.165) is 30.2 Å². The molecule has 0 aliphatic heterocycles. The van der Waals surface area contributed by atoms with Crippen LogP contribution >= 0.6 is 15.9 Å². The van der Waals surface area contributed by atoms with Gasteiger partial charge in [0.05, 0.1) is 12.5 Å². The van der Waals surface area contributed by atoms with Crippen LogP contribution in [0.3, 0.4) is 0 Å². The van der Waals surface area contributed by atoms with Crippen molar-refractivity contribution >= 4 is 32.8 Å². The average molecular weight is 350 g/mol. The Morgan fingerprint density at radius 2 is 2.05 bits per heavy atom. The van der Waals surface area contributed by atoms with Crippen LogP contribution in [0.2, 0.25) is 0 Å². The van der Waals surface area contributed by atoms with Crippen molar-refractivity contribution in [2.75, 3.05) is 6.61 Å². The number of nitrogens with zero attached hydrogens (tertiary/aromatic N) is 1. The van der Waals surface area contributed by atoms with Crippen LogP contribution in [0.5, 0.6) is 0 Å². The van der Waals surface area contributed by atoms with Crippen LogP contribution in [-0.4, -0.2) is 17.1 Å². The summed E-state index contributed by atoms with van der Waals surface area (Å²) in [5, 5.41) is 1.26. The SMILES string of the molecule is CCOC(=O)C1CCC(n2ccc3cc(Br)ccc32)CC1.